The van der Waals surface area contributed by atoms with Crippen LogP contribution in [0.2, 0.25) is 0 Å². The van der Waals surface area contributed by atoms with Crippen LogP contribution in [-0.4, -0.2) is 42.7 Å². The summed E-state index contributed by atoms with van der Waals surface area (Å²) in [5, 5.41) is 19.6. The van der Waals surface area contributed by atoms with Crippen molar-refractivity contribution in [2.45, 2.75) is 46.4 Å². The molecule has 0 spiro atoms. The average molecular weight is 427 g/mol. The summed E-state index contributed by atoms with van der Waals surface area (Å²) in [7, 11) is 0. The van der Waals surface area contributed by atoms with Gasteiger partial charge in [-0.1, -0.05) is 24.3 Å². The summed E-state index contributed by atoms with van der Waals surface area (Å²) in [5.41, 5.74) is 2.43. The van der Waals surface area contributed by atoms with Crippen LogP contribution in [0.15, 0.2) is 53.5 Å². The molecule has 168 valence electrons. The molecule has 2 aromatic carbocycles. The summed E-state index contributed by atoms with van der Waals surface area (Å²) >= 11 is 0. The van der Waals surface area contributed by atoms with Crippen LogP contribution in [0.25, 0.3) is 0 Å². The number of hydrogen-bond acceptors (Lipinski definition) is 4. The Kier molecular flexibility index (Phi) is 9.84. The fourth-order valence-corrected chi connectivity index (χ4v) is 2.89. The van der Waals surface area contributed by atoms with Crippen LogP contribution in [0.1, 0.15) is 55.3 Å². The number of carbonyl (C=O) groups is 1. The molecule has 0 aliphatic heterocycles. The summed E-state index contributed by atoms with van der Waals surface area (Å²) in [4.78, 5) is 16.4. The van der Waals surface area contributed by atoms with Crippen molar-refractivity contribution in [3.63, 3.8) is 0 Å². The molecule has 1 atom stereocenters. The van der Waals surface area contributed by atoms with Crippen molar-refractivity contribution in [2.75, 3.05) is 19.6 Å². The average Bonchev–Trinajstić information content (AvgIpc) is 2.76. The van der Waals surface area contributed by atoms with E-state index in [9.17, 15) is 9.90 Å². The van der Waals surface area contributed by atoms with Crippen molar-refractivity contribution in [2.24, 2.45) is 4.99 Å². The number of ether oxygens (including phenoxy) is 1. The SMILES string of the molecule is CCNC(=O)c1ccc(CN=C(NCC)NCC(O)c2ccc(OC(C)C)cc2)cc1. The number of rotatable bonds is 10. The minimum Gasteiger partial charge on any atom is -0.491 e. The molecule has 2 aromatic rings. The van der Waals surface area contributed by atoms with E-state index in [1.54, 1.807) is 12.1 Å². The highest BCUT2D eigenvalue weighted by Gasteiger charge is 2.09. The fraction of sp³-hybridized carbons (Fsp3) is 0.417. The van der Waals surface area contributed by atoms with Crippen molar-refractivity contribution in [1.82, 2.24) is 16.0 Å². The summed E-state index contributed by atoms with van der Waals surface area (Å²) in [6.07, 6.45) is -0.561. The Balaban J connectivity index is 1.92. The van der Waals surface area contributed by atoms with Crippen LogP contribution in [0, 0.1) is 0 Å². The summed E-state index contributed by atoms with van der Waals surface area (Å²) in [6, 6.07) is 14.8. The molecule has 0 saturated heterocycles. The molecule has 4 N–H and O–H groups in total. The van der Waals surface area contributed by atoms with Gasteiger partial charge in [0.1, 0.15) is 5.75 Å². The molecule has 31 heavy (non-hydrogen) atoms. The zero-order chi connectivity index (χ0) is 22.6. The third-order valence-corrected chi connectivity index (χ3v) is 4.42. The van der Waals surface area contributed by atoms with E-state index in [0.29, 0.717) is 37.7 Å². The Morgan fingerprint density at radius 1 is 0.968 bits per heavy atom. The lowest BCUT2D eigenvalue weighted by atomic mass is 10.1. The number of guanidine groups is 1. The number of aliphatic hydroxyl groups excluding tert-OH is 1. The monoisotopic (exact) mass is 426 g/mol. The van der Waals surface area contributed by atoms with Crippen LogP contribution in [-0.2, 0) is 6.54 Å². The van der Waals surface area contributed by atoms with Crippen molar-refractivity contribution in [3.05, 3.63) is 65.2 Å². The Hall–Kier alpha value is -3.06. The number of amides is 1. The first-order valence-electron chi connectivity index (χ1n) is 10.8. The molecule has 0 aromatic heterocycles. The molecule has 7 heteroatoms. The third kappa shape index (κ3) is 8.30. The molecule has 0 fully saturated rings. The van der Waals surface area contributed by atoms with Crippen molar-refractivity contribution >= 4 is 11.9 Å². The summed E-state index contributed by atoms with van der Waals surface area (Å²) < 4.78 is 5.64. The zero-order valence-corrected chi connectivity index (χ0v) is 18.8. The minimum absolute atomic E-state index is 0.0784. The van der Waals surface area contributed by atoms with Crippen LogP contribution >= 0.6 is 0 Å². The molecule has 0 heterocycles. The van der Waals surface area contributed by atoms with E-state index < -0.39 is 6.10 Å². The maximum Gasteiger partial charge on any atom is 0.251 e. The lowest BCUT2D eigenvalue weighted by Crippen LogP contribution is -2.39. The highest BCUT2D eigenvalue weighted by molar-refractivity contribution is 5.94. The normalized spacial score (nSPS) is 12.4. The first-order chi connectivity index (χ1) is 14.9. The van der Waals surface area contributed by atoms with Crippen LogP contribution < -0.4 is 20.7 Å². The predicted octanol–water partition coefficient (Wildman–Crippen LogP) is 3.01. The van der Waals surface area contributed by atoms with Gasteiger partial charge in [0.25, 0.3) is 5.91 Å². The van der Waals surface area contributed by atoms with Gasteiger partial charge in [0.2, 0.25) is 0 Å². The van der Waals surface area contributed by atoms with E-state index in [4.69, 9.17) is 4.74 Å². The predicted molar refractivity (Wildman–Crippen MR) is 124 cm³/mol. The second kappa shape index (κ2) is 12.6. The molecular formula is C24H34N4O3. The summed E-state index contributed by atoms with van der Waals surface area (Å²) in [6.45, 7) is 9.93. The molecule has 0 aliphatic carbocycles. The Bertz CT molecular complexity index is 833. The maximum absolute atomic E-state index is 11.8. The van der Waals surface area contributed by atoms with E-state index in [0.717, 1.165) is 16.9 Å². The first-order valence-corrected chi connectivity index (χ1v) is 10.8. The lowest BCUT2D eigenvalue weighted by molar-refractivity contribution is 0.0956. The molecule has 7 nitrogen and oxygen atoms in total. The van der Waals surface area contributed by atoms with E-state index in [2.05, 4.69) is 20.9 Å². The Morgan fingerprint density at radius 3 is 2.19 bits per heavy atom. The highest BCUT2D eigenvalue weighted by Crippen LogP contribution is 2.18. The molecular weight excluding hydrogens is 392 g/mol. The first kappa shape index (κ1) is 24.2. The van der Waals surface area contributed by atoms with Gasteiger partial charge in [0.05, 0.1) is 18.8 Å². The minimum atomic E-state index is -0.673. The van der Waals surface area contributed by atoms with Gasteiger partial charge in [-0.05, 0) is 63.1 Å². The van der Waals surface area contributed by atoms with Gasteiger partial charge in [0.15, 0.2) is 5.96 Å². The van der Waals surface area contributed by atoms with Gasteiger partial charge in [-0.25, -0.2) is 4.99 Å². The number of hydrogen-bond donors (Lipinski definition) is 4. The lowest BCUT2D eigenvalue weighted by Gasteiger charge is -2.16. The number of aliphatic imine (C=N–C) groups is 1. The second-order valence-electron chi connectivity index (χ2n) is 7.38. The standard InChI is InChI=1S/C24H34N4O3/c1-5-25-23(30)20-9-7-18(8-10-20)15-27-24(26-6-2)28-16-22(29)19-11-13-21(14-12-19)31-17(3)4/h7-14,17,22,29H,5-6,15-16H2,1-4H3,(H,25,30)(H2,26,27,28). The van der Waals surface area contributed by atoms with Gasteiger partial charge >= 0.3 is 0 Å². The zero-order valence-electron chi connectivity index (χ0n) is 18.8. The number of nitrogens with zero attached hydrogens (tertiary/aromatic N) is 1. The van der Waals surface area contributed by atoms with E-state index >= 15 is 0 Å². The molecule has 0 saturated carbocycles. The van der Waals surface area contributed by atoms with E-state index in [-0.39, 0.29) is 12.0 Å². The van der Waals surface area contributed by atoms with Crippen LogP contribution in [0.3, 0.4) is 0 Å². The molecule has 1 amide bonds. The molecule has 0 bridgehead atoms. The van der Waals surface area contributed by atoms with Crippen LogP contribution in [0.4, 0.5) is 0 Å². The molecule has 2 rings (SSSR count). The van der Waals surface area contributed by atoms with Crippen LogP contribution in [0.5, 0.6) is 5.75 Å². The van der Waals surface area contributed by atoms with Crippen molar-refractivity contribution in [1.29, 1.82) is 0 Å². The maximum atomic E-state index is 11.8. The van der Waals surface area contributed by atoms with Gasteiger partial charge in [-0.3, -0.25) is 4.79 Å². The van der Waals surface area contributed by atoms with Crippen molar-refractivity contribution < 1.29 is 14.6 Å². The number of aliphatic hydroxyl groups is 1. The number of benzene rings is 2. The molecule has 0 radical (unpaired) electrons. The number of nitrogens with one attached hydrogen (secondary N) is 3. The topological polar surface area (TPSA) is 95.0 Å². The highest BCUT2D eigenvalue weighted by atomic mass is 16.5. The van der Waals surface area contributed by atoms with Gasteiger partial charge in [-0.15, -0.1) is 0 Å². The fourth-order valence-electron chi connectivity index (χ4n) is 2.89. The largest absolute Gasteiger partial charge is 0.491 e. The molecule has 1 unspecified atom stereocenters. The Labute approximate surface area is 184 Å². The smallest absolute Gasteiger partial charge is 0.251 e. The van der Waals surface area contributed by atoms with E-state index in [1.807, 2.05) is 64.1 Å². The Morgan fingerprint density at radius 2 is 1.61 bits per heavy atom. The second-order valence-corrected chi connectivity index (χ2v) is 7.38. The third-order valence-electron chi connectivity index (χ3n) is 4.42. The summed E-state index contributed by atoms with van der Waals surface area (Å²) in [5.74, 6) is 1.33. The quantitative estimate of drug-likeness (QED) is 0.346. The van der Waals surface area contributed by atoms with Gasteiger partial charge < -0.3 is 25.8 Å². The van der Waals surface area contributed by atoms with Gasteiger partial charge in [-0.2, -0.15) is 0 Å². The van der Waals surface area contributed by atoms with Gasteiger partial charge in [0, 0.05) is 25.2 Å². The number of carbonyl (C=O) groups excluding carboxylic acids is 1. The van der Waals surface area contributed by atoms with Crippen molar-refractivity contribution in [3.8, 4) is 5.75 Å². The molecule has 0 aliphatic rings. The van der Waals surface area contributed by atoms with E-state index in [1.165, 1.54) is 0 Å².